The van der Waals surface area contributed by atoms with Gasteiger partial charge in [-0.05, 0) is 132 Å². The molecule has 6 heterocycles. The molecule has 6 amide bonds. The quantitative estimate of drug-likeness (QED) is 0.186. The van der Waals surface area contributed by atoms with Gasteiger partial charge in [0.1, 0.15) is 0 Å². The fourth-order valence-electron chi connectivity index (χ4n) is 10.2. The van der Waals surface area contributed by atoms with E-state index in [2.05, 4.69) is 37.6 Å². The van der Waals surface area contributed by atoms with E-state index in [-0.39, 0.29) is 40.7 Å². The second-order valence-electron chi connectivity index (χ2n) is 22.2. The molecule has 2 N–H and O–H groups in total. The van der Waals surface area contributed by atoms with Crippen LogP contribution in [0.4, 0.5) is 4.79 Å². The number of nitrogens with one attached hydrogen (secondary N) is 2. The molecule has 0 atom stereocenters. The molecule has 0 bridgehead atoms. The summed E-state index contributed by atoms with van der Waals surface area (Å²) in [5.74, 6) is 0.426. The molecule has 0 unspecified atom stereocenters. The van der Waals surface area contributed by atoms with Crippen molar-refractivity contribution in [3.05, 3.63) is 142 Å². The fourth-order valence-corrected chi connectivity index (χ4v) is 10.2. The van der Waals surface area contributed by atoms with Crippen LogP contribution in [0, 0.1) is 0 Å². The molecule has 0 spiro atoms. The zero-order chi connectivity index (χ0) is 52.6. The van der Waals surface area contributed by atoms with Gasteiger partial charge in [0.05, 0.1) is 5.54 Å². The minimum absolute atomic E-state index is 0.0461. The van der Waals surface area contributed by atoms with Crippen LogP contribution in [-0.2, 0) is 30.7 Å². The number of piperazine rings is 2. The lowest BCUT2D eigenvalue weighted by Crippen LogP contribution is -2.64. The third kappa shape index (κ3) is 13.7. The zero-order valence-corrected chi connectivity index (χ0v) is 44.1. The van der Waals surface area contributed by atoms with Crippen LogP contribution in [0.15, 0.2) is 102 Å². The Morgan fingerprint density at radius 3 is 1.39 bits per heavy atom. The van der Waals surface area contributed by atoms with Crippen molar-refractivity contribution in [2.45, 2.75) is 90.6 Å². The molecule has 10 rings (SSSR count). The monoisotopic (exact) mass is 1010 g/mol. The predicted molar refractivity (Wildman–Crippen MR) is 286 cm³/mol. The number of likely N-dealkylation sites (tertiary alicyclic amines) is 2. The van der Waals surface area contributed by atoms with Crippen molar-refractivity contribution in [2.24, 2.45) is 4.99 Å². The van der Waals surface area contributed by atoms with Gasteiger partial charge >= 0.3 is 6.03 Å². The summed E-state index contributed by atoms with van der Waals surface area (Å²) in [4.78, 5) is 91.3. The summed E-state index contributed by atoms with van der Waals surface area (Å²) in [6.07, 6.45) is 3.23. The molecule has 74 heavy (non-hydrogen) atoms. The first-order valence-electron chi connectivity index (χ1n) is 26.3. The van der Waals surface area contributed by atoms with Crippen molar-refractivity contribution < 1.29 is 28.8 Å². The lowest BCUT2D eigenvalue weighted by Gasteiger charge is -2.48. The van der Waals surface area contributed by atoms with E-state index in [1.165, 1.54) is 17.2 Å². The number of rotatable bonds is 6. The Balaban J connectivity index is 0.000000177. The SMILES string of the molecule is CC(C)(C)N=C=O.CC(C)(C)NC(=O)N1CCc2cc(C(=O)N3CC(N4CCN(C(=O)c5ccccc5)CC4)C3)ccc2C1.O=C(c1ccccc1)N1CCN(C2CN(C(=O)c3ccc4c(c3)CCNC4)C2)CC1. The minimum atomic E-state index is -0.268. The molecule has 0 aromatic heterocycles. The first kappa shape index (κ1) is 53.6. The van der Waals surface area contributed by atoms with Crippen molar-refractivity contribution >= 4 is 35.7 Å². The molecule has 4 aromatic rings. The van der Waals surface area contributed by atoms with E-state index in [1.807, 2.05) is 151 Å². The summed E-state index contributed by atoms with van der Waals surface area (Å²) >= 11 is 0. The van der Waals surface area contributed by atoms with E-state index < -0.39 is 0 Å². The number of urea groups is 1. The molecule has 16 heteroatoms. The van der Waals surface area contributed by atoms with Gasteiger partial charge in [-0.1, -0.05) is 48.5 Å². The minimum Gasteiger partial charge on any atom is -0.336 e. The van der Waals surface area contributed by atoms with Gasteiger partial charge in [0.15, 0.2) is 0 Å². The van der Waals surface area contributed by atoms with E-state index in [9.17, 15) is 28.8 Å². The molecular formula is C58H74N10O6. The largest absolute Gasteiger partial charge is 0.336 e. The number of carbonyl (C=O) groups is 5. The molecule has 4 aromatic carbocycles. The maximum Gasteiger partial charge on any atom is 0.318 e. The van der Waals surface area contributed by atoms with E-state index in [0.717, 1.165) is 125 Å². The van der Waals surface area contributed by atoms with Crippen LogP contribution in [-0.4, -0.2) is 185 Å². The van der Waals surface area contributed by atoms with E-state index >= 15 is 0 Å². The van der Waals surface area contributed by atoms with Crippen molar-refractivity contribution in [2.75, 3.05) is 91.6 Å². The van der Waals surface area contributed by atoms with Crippen molar-refractivity contribution in [1.82, 2.24) is 44.9 Å². The number of fused-ring (bicyclic) bond motifs is 2. The third-order valence-corrected chi connectivity index (χ3v) is 14.5. The van der Waals surface area contributed by atoms with Gasteiger partial charge in [-0.2, -0.15) is 0 Å². The van der Waals surface area contributed by atoms with Crippen molar-refractivity contribution in [1.29, 1.82) is 0 Å². The average molecular weight is 1010 g/mol. The summed E-state index contributed by atoms with van der Waals surface area (Å²) in [6, 6.07) is 31.7. The summed E-state index contributed by atoms with van der Waals surface area (Å²) in [5, 5.41) is 6.40. The topological polar surface area (TPSA) is 162 Å². The number of aliphatic imine (C=N–C) groups is 1. The highest BCUT2D eigenvalue weighted by atomic mass is 16.2. The van der Waals surface area contributed by atoms with Crippen molar-refractivity contribution in [3.8, 4) is 0 Å². The summed E-state index contributed by atoms with van der Waals surface area (Å²) in [7, 11) is 0. The smallest absolute Gasteiger partial charge is 0.318 e. The lowest BCUT2D eigenvalue weighted by atomic mass is 9.96. The van der Waals surface area contributed by atoms with Gasteiger partial charge in [-0.15, -0.1) is 0 Å². The number of amides is 6. The van der Waals surface area contributed by atoms with E-state index in [0.29, 0.717) is 38.3 Å². The molecule has 0 radical (unpaired) electrons. The van der Waals surface area contributed by atoms with E-state index in [1.54, 1.807) is 0 Å². The number of isocyanates is 1. The highest BCUT2D eigenvalue weighted by Crippen LogP contribution is 2.26. The van der Waals surface area contributed by atoms with Gasteiger partial charge in [0, 0.05) is 138 Å². The maximum atomic E-state index is 13.1. The number of hydrogen-bond donors (Lipinski definition) is 2. The van der Waals surface area contributed by atoms with Crippen LogP contribution in [0.3, 0.4) is 0 Å². The fraction of sp³-hybridized carbons (Fsp3) is 0.483. The summed E-state index contributed by atoms with van der Waals surface area (Å²) in [6.45, 7) is 23.9. The van der Waals surface area contributed by atoms with Crippen molar-refractivity contribution in [3.63, 3.8) is 0 Å². The Hall–Kier alpha value is -6.71. The molecule has 392 valence electrons. The molecule has 6 aliphatic heterocycles. The Kier molecular flexibility index (Phi) is 17.1. The van der Waals surface area contributed by atoms with Gasteiger partial charge in [0.2, 0.25) is 6.08 Å². The maximum absolute atomic E-state index is 13.1. The lowest BCUT2D eigenvalue weighted by molar-refractivity contribution is 0.00806. The average Bonchev–Trinajstić information content (AvgIpc) is 3.37. The Morgan fingerprint density at radius 1 is 0.514 bits per heavy atom. The highest BCUT2D eigenvalue weighted by molar-refractivity contribution is 5.96. The Bertz CT molecular complexity index is 2670. The first-order chi connectivity index (χ1) is 35.4. The van der Waals surface area contributed by atoms with E-state index in [4.69, 9.17) is 0 Å². The van der Waals surface area contributed by atoms with Gasteiger partial charge < -0.3 is 35.1 Å². The summed E-state index contributed by atoms with van der Waals surface area (Å²) in [5.41, 5.74) is 7.39. The Labute approximate surface area is 436 Å². The van der Waals surface area contributed by atoms with Crippen LogP contribution in [0.25, 0.3) is 0 Å². The molecular weight excluding hydrogens is 933 g/mol. The number of benzene rings is 4. The van der Waals surface area contributed by atoms with Crippen LogP contribution in [0.2, 0.25) is 0 Å². The van der Waals surface area contributed by atoms with Crippen LogP contribution >= 0.6 is 0 Å². The van der Waals surface area contributed by atoms with Gasteiger partial charge in [0.25, 0.3) is 23.6 Å². The number of nitrogens with zero attached hydrogens (tertiary/aromatic N) is 8. The standard InChI is InChI=1S/C29H37N5O3.C24H28N4O2.C5H9NO/c1-29(2,3)30-28(37)33-12-11-22-17-23(9-10-24(22)18-33)27(36)34-19-25(20-34)31-13-15-32(16-14-31)26(35)21-7-5-4-6-8-21;29-23(18-4-2-1-3-5-18)27-12-10-26(11-13-27)22-16-28(17-22)24(30)20-6-7-21-15-25-9-8-19(21)14-20;1-5(2,3)6-4-7/h4-10,17,25H,11-16,18-20H2,1-3H3,(H,30,37);1-7,14,22,25H,8-13,15-17H2;1-3H3. The number of carbonyl (C=O) groups excluding carboxylic acids is 6. The highest BCUT2D eigenvalue weighted by Gasteiger charge is 2.39. The molecule has 4 saturated heterocycles. The molecule has 0 aliphatic carbocycles. The van der Waals surface area contributed by atoms with Crippen LogP contribution < -0.4 is 10.6 Å². The first-order valence-corrected chi connectivity index (χ1v) is 26.3. The second kappa shape index (κ2) is 23.7. The molecule has 6 aliphatic rings. The van der Waals surface area contributed by atoms with Crippen LogP contribution in [0.1, 0.15) is 105 Å². The molecule has 0 saturated carbocycles. The third-order valence-electron chi connectivity index (χ3n) is 14.5. The van der Waals surface area contributed by atoms with Gasteiger partial charge in [-0.25, -0.2) is 14.6 Å². The number of hydrogen-bond acceptors (Lipinski definition) is 10. The predicted octanol–water partition coefficient (Wildman–Crippen LogP) is 5.57. The van der Waals surface area contributed by atoms with Gasteiger partial charge in [-0.3, -0.25) is 29.0 Å². The summed E-state index contributed by atoms with van der Waals surface area (Å²) < 4.78 is 0. The Morgan fingerprint density at radius 2 is 0.959 bits per heavy atom. The molecule has 4 fully saturated rings. The second-order valence-corrected chi connectivity index (χ2v) is 22.2. The normalized spacial score (nSPS) is 18.4. The molecule has 16 nitrogen and oxygen atoms in total. The zero-order valence-electron chi connectivity index (χ0n) is 44.1. The van der Waals surface area contributed by atoms with Crippen LogP contribution in [0.5, 0.6) is 0 Å².